The summed E-state index contributed by atoms with van der Waals surface area (Å²) in [5, 5.41) is 17.8. The van der Waals surface area contributed by atoms with Crippen LogP contribution in [0.5, 0.6) is 0 Å². The topological polar surface area (TPSA) is 127 Å². The van der Waals surface area contributed by atoms with E-state index in [2.05, 4.69) is 34.4 Å². The first-order valence-electron chi connectivity index (χ1n) is 14.8. The molecule has 1 aliphatic rings. The molecule has 228 valence electrons. The van der Waals surface area contributed by atoms with E-state index in [1.807, 2.05) is 67.8 Å². The van der Waals surface area contributed by atoms with Crippen molar-refractivity contribution in [3.8, 4) is 21.8 Å². The van der Waals surface area contributed by atoms with Crippen molar-refractivity contribution in [1.82, 2.24) is 20.2 Å². The molecule has 0 bridgehead atoms. The number of carboxylic acid groups (broad SMARTS) is 1. The van der Waals surface area contributed by atoms with E-state index >= 15 is 0 Å². The number of fused-ring (bicyclic) bond motifs is 1. The molecule has 0 saturated carbocycles. The normalized spacial score (nSPS) is 13.4. The van der Waals surface area contributed by atoms with E-state index in [1.54, 1.807) is 0 Å². The number of aromatic amines is 1. The molecule has 4 aromatic rings. The molecule has 0 spiro atoms. The molecule has 0 radical (unpaired) electrons. The number of carbonyl (C=O) groups excluding carboxylic acids is 2. The van der Waals surface area contributed by atoms with Crippen LogP contribution >= 0.6 is 11.3 Å². The number of H-pyrrole nitrogens is 1. The second-order valence-electron chi connectivity index (χ2n) is 10.8. The van der Waals surface area contributed by atoms with Crippen molar-refractivity contribution in [2.45, 2.75) is 40.5 Å². The van der Waals surface area contributed by atoms with E-state index in [0.717, 1.165) is 75.2 Å². The Kier molecular flexibility index (Phi) is 9.41. The number of amides is 2. The Morgan fingerprint density at radius 3 is 2.50 bits per heavy atom. The summed E-state index contributed by atoms with van der Waals surface area (Å²) in [5.74, 6) is -1.13. The van der Waals surface area contributed by atoms with Crippen molar-refractivity contribution in [3.05, 3.63) is 81.5 Å². The molecule has 0 fully saturated rings. The first-order valence-corrected chi connectivity index (χ1v) is 15.7. The highest BCUT2D eigenvalue weighted by Gasteiger charge is 2.26. The Morgan fingerprint density at radius 1 is 1.07 bits per heavy atom. The monoisotopic (exact) mass is 611 g/mol. The molecule has 0 saturated heterocycles. The zero-order valence-corrected chi connectivity index (χ0v) is 26.2. The summed E-state index contributed by atoms with van der Waals surface area (Å²) in [6.07, 6.45) is 2.41. The number of likely N-dealkylation sites (N-methyl/N-ethyl adjacent to an activating group) is 1. The van der Waals surface area contributed by atoms with Crippen LogP contribution in [0.4, 0.5) is 5.69 Å². The minimum absolute atomic E-state index is 0.101. The van der Waals surface area contributed by atoms with Gasteiger partial charge in [-0.25, -0.2) is 4.98 Å². The Labute approximate surface area is 261 Å². The first-order chi connectivity index (χ1) is 21.2. The number of benzene rings is 2. The maximum absolute atomic E-state index is 13.1. The van der Waals surface area contributed by atoms with E-state index in [1.165, 1.54) is 11.3 Å². The summed E-state index contributed by atoms with van der Waals surface area (Å²) in [7, 11) is 0. The summed E-state index contributed by atoms with van der Waals surface area (Å²) >= 11 is 1.53. The van der Waals surface area contributed by atoms with Gasteiger partial charge in [-0.3, -0.25) is 14.4 Å². The highest BCUT2D eigenvalue weighted by Crippen LogP contribution is 2.38. The van der Waals surface area contributed by atoms with Gasteiger partial charge in [0.05, 0.1) is 16.8 Å². The number of hydrogen-bond donors (Lipinski definition) is 4. The van der Waals surface area contributed by atoms with E-state index in [0.29, 0.717) is 24.1 Å². The van der Waals surface area contributed by atoms with Gasteiger partial charge in [-0.2, -0.15) is 0 Å². The van der Waals surface area contributed by atoms with Gasteiger partial charge < -0.3 is 25.6 Å². The van der Waals surface area contributed by atoms with Crippen LogP contribution in [-0.2, 0) is 16.0 Å². The highest BCUT2D eigenvalue weighted by molar-refractivity contribution is 7.13. The molecule has 0 atom stereocenters. The molecule has 44 heavy (non-hydrogen) atoms. The fourth-order valence-electron chi connectivity index (χ4n) is 5.45. The van der Waals surface area contributed by atoms with Crippen molar-refractivity contribution < 1.29 is 19.5 Å². The summed E-state index contributed by atoms with van der Waals surface area (Å²) in [4.78, 5) is 47.4. The molecule has 2 amide bonds. The Bertz CT molecular complexity index is 1730. The third kappa shape index (κ3) is 6.66. The molecule has 9 nitrogen and oxygen atoms in total. The Hall–Kier alpha value is -4.54. The number of nitrogens with zero attached hydrogens (tertiary/aromatic N) is 2. The molecule has 4 N–H and O–H groups in total. The van der Waals surface area contributed by atoms with Crippen LogP contribution in [0, 0.1) is 13.8 Å². The van der Waals surface area contributed by atoms with Gasteiger partial charge in [-0.05, 0) is 62.7 Å². The van der Waals surface area contributed by atoms with Crippen LogP contribution in [0.2, 0.25) is 0 Å². The van der Waals surface area contributed by atoms with Crippen molar-refractivity contribution in [2.75, 3.05) is 31.5 Å². The van der Waals surface area contributed by atoms with Gasteiger partial charge >= 0.3 is 5.97 Å². The van der Waals surface area contributed by atoms with Crippen LogP contribution in [0.15, 0.2) is 47.8 Å². The molecule has 3 heterocycles. The van der Waals surface area contributed by atoms with Crippen molar-refractivity contribution in [1.29, 1.82) is 0 Å². The molecular formula is C34H37N5O4S. The number of hydrogen-bond acceptors (Lipinski definition) is 6. The number of aromatic nitrogens is 2. The Balaban J connectivity index is 1.36. The van der Waals surface area contributed by atoms with Gasteiger partial charge in [-0.15, -0.1) is 11.3 Å². The Morgan fingerprint density at radius 2 is 1.80 bits per heavy atom. The van der Waals surface area contributed by atoms with Crippen LogP contribution in [-0.4, -0.2) is 63.9 Å². The lowest BCUT2D eigenvalue weighted by Gasteiger charge is -2.18. The maximum atomic E-state index is 13.1. The smallest absolute Gasteiger partial charge is 0.303 e. The van der Waals surface area contributed by atoms with Crippen molar-refractivity contribution in [3.63, 3.8) is 0 Å². The molecule has 5 rings (SSSR count). The van der Waals surface area contributed by atoms with E-state index in [9.17, 15) is 14.4 Å². The molecule has 2 aromatic heterocycles. The van der Waals surface area contributed by atoms with Crippen LogP contribution in [0.25, 0.3) is 33.5 Å². The second kappa shape index (κ2) is 13.4. The third-order valence-electron chi connectivity index (χ3n) is 8.03. The van der Waals surface area contributed by atoms with Gasteiger partial charge in [0, 0.05) is 58.7 Å². The predicted octanol–water partition coefficient (Wildman–Crippen LogP) is 6.00. The summed E-state index contributed by atoms with van der Waals surface area (Å²) in [5.41, 5.74) is 8.54. The lowest BCUT2D eigenvalue weighted by atomic mass is 10.0. The third-order valence-corrected chi connectivity index (χ3v) is 8.92. The number of aryl methyl sites for hydroxylation is 2. The lowest BCUT2D eigenvalue weighted by molar-refractivity contribution is -0.137. The predicted molar refractivity (Wildman–Crippen MR) is 176 cm³/mol. The molecule has 2 aromatic carbocycles. The molecule has 0 aliphatic carbocycles. The van der Waals surface area contributed by atoms with Crippen molar-refractivity contribution in [2.24, 2.45) is 0 Å². The largest absolute Gasteiger partial charge is 0.481 e. The fourth-order valence-corrected chi connectivity index (χ4v) is 6.29. The second-order valence-corrected chi connectivity index (χ2v) is 11.7. The SMILES string of the molecule is CCN(CC)CCNC(=O)c1c(C)[nH]c(C=C2C(=O)Nc3ccc(-c4csc(-c5ccc(CCC(=O)O)cc5)n4)cc32)c1C. The zero-order chi connectivity index (χ0) is 31.4. The average Bonchev–Trinajstić information content (AvgIpc) is 3.70. The number of thiazole rings is 1. The molecule has 10 heteroatoms. The van der Waals surface area contributed by atoms with E-state index < -0.39 is 5.97 Å². The van der Waals surface area contributed by atoms with Gasteiger partial charge in [0.25, 0.3) is 11.8 Å². The lowest BCUT2D eigenvalue weighted by Crippen LogP contribution is -2.35. The summed E-state index contributed by atoms with van der Waals surface area (Å²) in [6, 6.07) is 13.6. The van der Waals surface area contributed by atoms with Gasteiger partial charge in [0.2, 0.25) is 0 Å². The number of nitrogens with one attached hydrogen (secondary N) is 3. The minimum Gasteiger partial charge on any atom is -0.481 e. The zero-order valence-electron chi connectivity index (χ0n) is 25.4. The molecule has 1 aliphatic heterocycles. The van der Waals surface area contributed by atoms with E-state index in [4.69, 9.17) is 10.1 Å². The maximum Gasteiger partial charge on any atom is 0.303 e. The number of rotatable bonds is 12. The van der Waals surface area contributed by atoms with E-state index in [-0.39, 0.29) is 18.2 Å². The van der Waals surface area contributed by atoms with Crippen LogP contribution in [0.3, 0.4) is 0 Å². The number of carbonyl (C=O) groups is 3. The molecular weight excluding hydrogens is 574 g/mol. The van der Waals surface area contributed by atoms with Crippen LogP contribution in [0.1, 0.15) is 58.7 Å². The number of anilines is 1. The average molecular weight is 612 g/mol. The van der Waals surface area contributed by atoms with Gasteiger partial charge in [-0.1, -0.05) is 44.2 Å². The van der Waals surface area contributed by atoms with Gasteiger partial charge in [0.1, 0.15) is 5.01 Å². The minimum atomic E-state index is -0.810. The number of aliphatic carboxylic acids is 1. The molecule has 0 unspecified atom stereocenters. The van der Waals surface area contributed by atoms with Crippen molar-refractivity contribution >= 4 is 46.5 Å². The standard InChI is InChI=1S/C34H37N5O4S/c1-5-39(6-2)16-15-35-33(43)31-20(3)28(36-21(31)4)18-26-25-17-24(12-13-27(25)37-32(26)42)29-19-44-34(38-29)23-10-7-22(8-11-23)9-14-30(40)41/h7-8,10-13,17-19,36H,5-6,9,14-16H2,1-4H3,(H,35,43)(H,37,42)(H,40,41). The fraction of sp³-hybridized carbons (Fsp3) is 0.294. The summed E-state index contributed by atoms with van der Waals surface area (Å²) < 4.78 is 0. The quantitative estimate of drug-likeness (QED) is 0.146. The van der Waals surface area contributed by atoms with Gasteiger partial charge in [0.15, 0.2) is 0 Å². The summed E-state index contributed by atoms with van der Waals surface area (Å²) in [6.45, 7) is 11.2. The first kappa shape index (κ1) is 30.9. The number of carboxylic acids is 1. The van der Waals surface area contributed by atoms with Crippen LogP contribution < -0.4 is 10.6 Å². The highest BCUT2D eigenvalue weighted by atomic mass is 32.1.